The van der Waals surface area contributed by atoms with Crippen LogP contribution in [0.25, 0.3) is 11.0 Å². The molecule has 5 nitrogen and oxygen atoms in total. The number of rotatable bonds is 9. The van der Waals surface area contributed by atoms with Gasteiger partial charge in [-0.1, -0.05) is 36.9 Å². The second kappa shape index (κ2) is 9.03. The average Bonchev–Trinajstić information content (AvgIpc) is 3.04. The highest BCUT2D eigenvalue weighted by atomic mass is 16.5. The fourth-order valence-corrected chi connectivity index (χ4v) is 3.06. The number of fused-ring (bicyclic) bond motifs is 1. The standard InChI is InChI=1S/C22H25N3O2/c1-3-22(26)23-14-8-13-21-24-18-10-5-6-11-19(18)25(21)15-16-27-20-12-7-4-9-17(20)2/h3-7,9-12H,1,8,13-16H2,2H3,(H,23,26). The van der Waals surface area contributed by atoms with E-state index in [1.54, 1.807) is 0 Å². The maximum Gasteiger partial charge on any atom is 0.243 e. The van der Waals surface area contributed by atoms with Gasteiger partial charge in [-0.05, 0) is 43.2 Å². The van der Waals surface area contributed by atoms with Crippen molar-refractivity contribution >= 4 is 16.9 Å². The maximum atomic E-state index is 11.3. The second-order valence-electron chi connectivity index (χ2n) is 6.38. The van der Waals surface area contributed by atoms with Crippen molar-refractivity contribution in [3.63, 3.8) is 0 Å². The van der Waals surface area contributed by atoms with E-state index in [0.29, 0.717) is 13.2 Å². The highest BCUT2D eigenvalue weighted by Gasteiger charge is 2.10. The molecule has 0 aliphatic heterocycles. The normalized spacial score (nSPS) is 10.7. The summed E-state index contributed by atoms with van der Waals surface area (Å²) in [5, 5.41) is 2.81. The van der Waals surface area contributed by atoms with E-state index >= 15 is 0 Å². The first-order valence-electron chi connectivity index (χ1n) is 9.22. The summed E-state index contributed by atoms with van der Waals surface area (Å²) in [4.78, 5) is 16.0. The Morgan fingerprint density at radius 2 is 2.00 bits per heavy atom. The second-order valence-corrected chi connectivity index (χ2v) is 6.38. The van der Waals surface area contributed by atoms with Gasteiger partial charge in [-0.25, -0.2) is 4.98 Å². The lowest BCUT2D eigenvalue weighted by atomic mass is 10.2. The van der Waals surface area contributed by atoms with Crippen LogP contribution in [-0.2, 0) is 17.8 Å². The van der Waals surface area contributed by atoms with Gasteiger partial charge in [0, 0.05) is 13.0 Å². The van der Waals surface area contributed by atoms with Gasteiger partial charge in [0.25, 0.3) is 0 Å². The summed E-state index contributed by atoms with van der Waals surface area (Å²) in [6.45, 7) is 7.41. The lowest BCUT2D eigenvalue weighted by molar-refractivity contribution is -0.116. The Labute approximate surface area is 159 Å². The number of benzene rings is 2. The lowest BCUT2D eigenvalue weighted by Crippen LogP contribution is -2.22. The van der Waals surface area contributed by atoms with Crippen molar-refractivity contribution in [1.29, 1.82) is 0 Å². The van der Waals surface area contributed by atoms with Gasteiger partial charge in [0.1, 0.15) is 18.2 Å². The predicted molar refractivity (Wildman–Crippen MR) is 108 cm³/mol. The third kappa shape index (κ3) is 4.76. The minimum absolute atomic E-state index is 0.143. The molecule has 1 amide bonds. The quantitative estimate of drug-likeness (QED) is 0.466. The first-order valence-corrected chi connectivity index (χ1v) is 9.22. The molecule has 0 atom stereocenters. The SMILES string of the molecule is C=CC(=O)NCCCc1nc2ccccc2n1CCOc1ccccc1C. The Hall–Kier alpha value is -3.08. The molecule has 1 aromatic heterocycles. The third-order valence-electron chi connectivity index (χ3n) is 4.46. The van der Waals surface area contributed by atoms with Gasteiger partial charge in [-0.2, -0.15) is 0 Å². The van der Waals surface area contributed by atoms with E-state index in [1.165, 1.54) is 6.08 Å². The van der Waals surface area contributed by atoms with Gasteiger partial charge in [0.05, 0.1) is 17.6 Å². The van der Waals surface area contributed by atoms with Crippen molar-refractivity contribution in [2.24, 2.45) is 0 Å². The molecule has 0 bridgehead atoms. The summed E-state index contributed by atoms with van der Waals surface area (Å²) in [5.41, 5.74) is 3.22. The number of nitrogens with zero attached hydrogens (tertiary/aromatic N) is 2. The van der Waals surface area contributed by atoms with E-state index < -0.39 is 0 Å². The first kappa shape index (κ1) is 18.7. The number of hydrogen-bond donors (Lipinski definition) is 1. The predicted octanol–water partition coefficient (Wildman–Crippen LogP) is 3.66. The molecule has 3 rings (SSSR count). The van der Waals surface area contributed by atoms with Crippen LogP contribution in [0.15, 0.2) is 61.2 Å². The van der Waals surface area contributed by atoms with Gasteiger partial charge in [-0.15, -0.1) is 0 Å². The first-order chi connectivity index (χ1) is 13.2. The summed E-state index contributed by atoms with van der Waals surface area (Å²) >= 11 is 0. The summed E-state index contributed by atoms with van der Waals surface area (Å²) in [5.74, 6) is 1.78. The molecule has 1 heterocycles. The highest BCUT2D eigenvalue weighted by molar-refractivity contribution is 5.86. The number of para-hydroxylation sites is 3. The topological polar surface area (TPSA) is 56.2 Å². The van der Waals surface area contributed by atoms with Crippen molar-refractivity contribution in [3.8, 4) is 5.75 Å². The molecule has 0 spiro atoms. The molecular formula is C22H25N3O2. The Bertz CT molecular complexity index is 930. The van der Waals surface area contributed by atoms with E-state index in [4.69, 9.17) is 9.72 Å². The van der Waals surface area contributed by atoms with Crippen LogP contribution < -0.4 is 10.1 Å². The summed E-state index contributed by atoms with van der Waals surface area (Å²) in [6, 6.07) is 16.2. The van der Waals surface area contributed by atoms with Gasteiger partial charge in [0.2, 0.25) is 5.91 Å². The van der Waals surface area contributed by atoms with Crippen LogP contribution in [0.3, 0.4) is 0 Å². The zero-order valence-corrected chi connectivity index (χ0v) is 15.6. The van der Waals surface area contributed by atoms with Crippen molar-refractivity contribution in [3.05, 3.63) is 72.6 Å². The number of carbonyl (C=O) groups excluding carboxylic acids is 1. The van der Waals surface area contributed by atoms with E-state index in [0.717, 1.165) is 47.6 Å². The molecule has 5 heteroatoms. The zero-order chi connectivity index (χ0) is 19.1. The molecule has 2 aromatic carbocycles. The van der Waals surface area contributed by atoms with E-state index in [-0.39, 0.29) is 5.91 Å². The summed E-state index contributed by atoms with van der Waals surface area (Å²) in [6.07, 6.45) is 2.90. The molecule has 0 saturated heterocycles. The number of amides is 1. The Morgan fingerprint density at radius 3 is 2.81 bits per heavy atom. The Balaban J connectivity index is 1.67. The number of hydrogen-bond acceptors (Lipinski definition) is 3. The smallest absolute Gasteiger partial charge is 0.243 e. The van der Waals surface area contributed by atoms with Crippen molar-refractivity contribution < 1.29 is 9.53 Å². The van der Waals surface area contributed by atoms with E-state index in [2.05, 4.69) is 22.5 Å². The highest BCUT2D eigenvalue weighted by Crippen LogP contribution is 2.19. The summed E-state index contributed by atoms with van der Waals surface area (Å²) in [7, 11) is 0. The fourth-order valence-electron chi connectivity index (χ4n) is 3.06. The van der Waals surface area contributed by atoms with Crippen molar-refractivity contribution in [1.82, 2.24) is 14.9 Å². The van der Waals surface area contributed by atoms with E-state index in [1.807, 2.05) is 49.4 Å². The molecule has 27 heavy (non-hydrogen) atoms. The number of aromatic nitrogens is 2. The van der Waals surface area contributed by atoms with Crippen LogP contribution in [-0.4, -0.2) is 28.6 Å². The molecule has 3 aromatic rings. The minimum Gasteiger partial charge on any atom is -0.491 e. The number of nitrogens with one attached hydrogen (secondary N) is 1. The molecule has 1 N–H and O–H groups in total. The van der Waals surface area contributed by atoms with Crippen LogP contribution >= 0.6 is 0 Å². The van der Waals surface area contributed by atoms with Crippen LogP contribution in [0.2, 0.25) is 0 Å². The average molecular weight is 363 g/mol. The molecule has 0 unspecified atom stereocenters. The maximum absolute atomic E-state index is 11.3. The minimum atomic E-state index is -0.143. The molecule has 0 radical (unpaired) electrons. The lowest BCUT2D eigenvalue weighted by Gasteiger charge is -2.12. The van der Waals surface area contributed by atoms with Gasteiger partial charge in [0.15, 0.2) is 0 Å². The van der Waals surface area contributed by atoms with Crippen LogP contribution in [0, 0.1) is 6.92 Å². The van der Waals surface area contributed by atoms with Crippen molar-refractivity contribution in [2.75, 3.05) is 13.2 Å². The van der Waals surface area contributed by atoms with E-state index in [9.17, 15) is 4.79 Å². The largest absolute Gasteiger partial charge is 0.491 e. The van der Waals surface area contributed by atoms with Crippen LogP contribution in [0.4, 0.5) is 0 Å². The molecule has 140 valence electrons. The van der Waals surface area contributed by atoms with Crippen LogP contribution in [0.5, 0.6) is 5.75 Å². The third-order valence-corrected chi connectivity index (χ3v) is 4.46. The summed E-state index contributed by atoms with van der Waals surface area (Å²) < 4.78 is 8.18. The number of carbonyl (C=O) groups is 1. The Morgan fingerprint density at radius 1 is 1.22 bits per heavy atom. The molecule has 0 aliphatic carbocycles. The van der Waals surface area contributed by atoms with Gasteiger partial charge >= 0.3 is 0 Å². The fraction of sp³-hybridized carbons (Fsp3) is 0.273. The van der Waals surface area contributed by atoms with Crippen molar-refractivity contribution in [2.45, 2.75) is 26.3 Å². The number of imidazole rings is 1. The van der Waals surface area contributed by atoms with Gasteiger partial charge in [-0.3, -0.25) is 4.79 Å². The number of aryl methyl sites for hydroxylation is 2. The molecular weight excluding hydrogens is 338 g/mol. The molecule has 0 fully saturated rings. The van der Waals surface area contributed by atoms with Crippen LogP contribution in [0.1, 0.15) is 17.8 Å². The monoisotopic (exact) mass is 363 g/mol. The molecule has 0 aliphatic rings. The Kier molecular flexibility index (Phi) is 6.26. The number of ether oxygens (including phenoxy) is 1. The zero-order valence-electron chi connectivity index (χ0n) is 15.6. The van der Waals surface area contributed by atoms with Gasteiger partial charge < -0.3 is 14.6 Å². The molecule has 0 saturated carbocycles.